The monoisotopic (exact) mass is 324 g/mol. The number of rotatable bonds is 1. The van der Waals surface area contributed by atoms with Crippen LogP contribution in [0.5, 0.6) is 0 Å². The number of likely N-dealkylation sites (tertiary alicyclic amines) is 1. The molecule has 1 saturated carbocycles. The number of anilines is 1. The fourth-order valence-corrected chi connectivity index (χ4v) is 3.51. The lowest BCUT2D eigenvalue weighted by atomic mass is 10.00. The van der Waals surface area contributed by atoms with Crippen molar-refractivity contribution in [3.8, 4) is 0 Å². The first-order valence-electron chi connectivity index (χ1n) is 6.58. The Morgan fingerprint density at radius 3 is 2.84 bits per heavy atom. The van der Waals surface area contributed by atoms with Crippen molar-refractivity contribution in [1.82, 2.24) is 4.90 Å². The Morgan fingerprint density at radius 2 is 2.16 bits per heavy atom. The first-order chi connectivity index (χ1) is 9.06. The van der Waals surface area contributed by atoms with Gasteiger partial charge in [-0.3, -0.25) is 4.79 Å². The Kier molecular flexibility index (Phi) is 3.27. The third kappa shape index (κ3) is 2.25. The number of fused-ring (bicyclic) bond motifs is 1. The summed E-state index contributed by atoms with van der Waals surface area (Å²) in [7, 11) is 0. The van der Waals surface area contributed by atoms with Crippen LogP contribution in [0.1, 0.15) is 23.2 Å². The number of aliphatic hydroxyl groups is 1. The lowest BCUT2D eigenvalue weighted by molar-refractivity contribution is 0.0752. The van der Waals surface area contributed by atoms with E-state index in [1.165, 1.54) is 0 Å². The van der Waals surface area contributed by atoms with Crippen LogP contribution in [0.2, 0.25) is 0 Å². The van der Waals surface area contributed by atoms with Gasteiger partial charge < -0.3 is 15.7 Å². The number of aliphatic hydroxyl groups excluding tert-OH is 1. The molecule has 1 amide bonds. The molecular formula is C14H17BrN2O2. The number of nitrogens with zero attached hydrogens (tertiary/aromatic N) is 1. The predicted molar refractivity (Wildman–Crippen MR) is 76.7 cm³/mol. The summed E-state index contributed by atoms with van der Waals surface area (Å²) < 4.78 is 0.803. The topological polar surface area (TPSA) is 66.6 Å². The molecule has 0 radical (unpaired) electrons. The molecule has 0 spiro atoms. The SMILES string of the molecule is Nc1cc(C(=O)N2CC3CCC(O)C3C2)ccc1Br. The minimum absolute atomic E-state index is 0.0146. The van der Waals surface area contributed by atoms with Crippen LogP contribution in [-0.4, -0.2) is 35.1 Å². The van der Waals surface area contributed by atoms with Crippen LogP contribution < -0.4 is 5.73 Å². The molecule has 1 aromatic carbocycles. The maximum Gasteiger partial charge on any atom is 0.253 e. The standard InChI is InChI=1S/C14H17BrN2O2/c15-11-3-1-8(5-12(11)16)14(19)17-6-9-2-4-13(18)10(9)7-17/h1,3,5,9-10,13,18H,2,4,6-7,16H2. The third-order valence-electron chi connectivity index (χ3n) is 4.35. The summed E-state index contributed by atoms with van der Waals surface area (Å²) in [5.74, 6) is 0.740. The van der Waals surface area contributed by atoms with Crippen LogP contribution in [-0.2, 0) is 0 Å². The molecule has 1 aliphatic carbocycles. The van der Waals surface area contributed by atoms with Crippen LogP contribution >= 0.6 is 15.9 Å². The average Bonchev–Trinajstić information content (AvgIpc) is 2.95. The van der Waals surface area contributed by atoms with E-state index in [9.17, 15) is 9.90 Å². The molecule has 4 nitrogen and oxygen atoms in total. The summed E-state index contributed by atoms with van der Waals surface area (Å²) in [5.41, 5.74) is 7.01. The molecule has 3 rings (SSSR count). The van der Waals surface area contributed by atoms with Crippen molar-refractivity contribution in [2.24, 2.45) is 11.8 Å². The zero-order chi connectivity index (χ0) is 13.6. The van der Waals surface area contributed by atoms with Gasteiger partial charge in [-0.1, -0.05) is 0 Å². The van der Waals surface area contributed by atoms with Gasteiger partial charge in [0.25, 0.3) is 5.91 Å². The molecule has 0 aromatic heterocycles. The van der Waals surface area contributed by atoms with Crippen molar-refractivity contribution < 1.29 is 9.90 Å². The summed E-state index contributed by atoms with van der Waals surface area (Å²) in [5, 5.41) is 9.89. The number of carbonyl (C=O) groups excluding carboxylic acids is 1. The van der Waals surface area contributed by atoms with Crippen LogP contribution in [0.25, 0.3) is 0 Å². The number of hydrogen-bond acceptors (Lipinski definition) is 3. The van der Waals surface area contributed by atoms with Gasteiger partial charge in [0.05, 0.1) is 6.10 Å². The van der Waals surface area contributed by atoms with Crippen molar-refractivity contribution in [3.63, 3.8) is 0 Å². The number of amides is 1. The second-order valence-electron chi connectivity index (χ2n) is 5.52. The van der Waals surface area contributed by atoms with Gasteiger partial charge in [-0.2, -0.15) is 0 Å². The highest BCUT2D eigenvalue weighted by Gasteiger charge is 2.43. The average molecular weight is 325 g/mol. The number of nitrogen functional groups attached to an aromatic ring is 1. The van der Waals surface area contributed by atoms with E-state index in [1.807, 2.05) is 4.90 Å². The van der Waals surface area contributed by atoms with Crippen LogP contribution in [0.3, 0.4) is 0 Å². The Hall–Kier alpha value is -1.07. The fraction of sp³-hybridized carbons (Fsp3) is 0.500. The molecule has 3 N–H and O–H groups in total. The Bertz CT molecular complexity index is 520. The van der Waals surface area contributed by atoms with Crippen molar-refractivity contribution in [1.29, 1.82) is 0 Å². The minimum Gasteiger partial charge on any atom is -0.398 e. The quantitative estimate of drug-likeness (QED) is 0.775. The van der Waals surface area contributed by atoms with Gasteiger partial charge in [0.2, 0.25) is 0 Å². The molecule has 3 unspecified atom stereocenters. The van der Waals surface area contributed by atoms with E-state index in [2.05, 4.69) is 15.9 Å². The van der Waals surface area contributed by atoms with Gasteiger partial charge >= 0.3 is 0 Å². The molecule has 5 heteroatoms. The second kappa shape index (κ2) is 4.80. The Labute approximate surface area is 120 Å². The molecule has 1 heterocycles. The number of benzene rings is 1. The number of nitrogens with two attached hydrogens (primary N) is 1. The van der Waals surface area contributed by atoms with Crippen molar-refractivity contribution in [3.05, 3.63) is 28.2 Å². The van der Waals surface area contributed by atoms with E-state index in [-0.39, 0.29) is 17.9 Å². The van der Waals surface area contributed by atoms with E-state index in [0.717, 1.165) is 23.9 Å². The molecule has 102 valence electrons. The van der Waals surface area contributed by atoms with E-state index < -0.39 is 0 Å². The summed E-state index contributed by atoms with van der Waals surface area (Å²) in [6, 6.07) is 5.29. The second-order valence-corrected chi connectivity index (χ2v) is 6.37. The first kappa shape index (κ1) is 12.9. The van der Waals surface area contributed by atoms with E-state index in [0.29, 0.717) is 23.7 Å². The maximum atomic E-state index is 12.4. The lowest BCUT2D eigenvalue weighted by Gasteiger charge is -2.18. The van der Waals surface area contributed by atoms with Crippen LogP contribution in [0, 0.1) is 11.8 Å². The highest BCUT2D eigenvalue weighted by Crippen LogP contribution is 2.38. The molecule has 3 atom stereocenters. The normalized spacial score (nSPS) is 29.6. The van der Waals surface area contributed by atoms with Gasteiger partial charge in [0.15, 0.2) is 0 Å². The smallest absolute Gasteiger partial charge is 0.253 e. The Balaban J connectivity index is 1.76. The molecular weight excluding hydrogens is 308 g/mol. The van der Waals surface area contributed by atoms with Crippen LogP contribution in [0.4, 0.5) is 5.69 Å². The third-order valence-corrected chi connectivity index (χ3v) is 5.07. The maximum absolute atomic E-state index is 12.4. The predicted octanol–water partition coefficient (Wildman–Crippen LogP) is 1.87. The number of hydrogen-bond donors (Lipinski definition) is 2. The van der Waals surface area contributed by atoms with Crippen LogP contribution in [0.15, 0.2) is 22.7 Å². The first-order valence-corrected chi connectivity index (χ1v) is 7.38. The van der Waals surface area contributed by atoms with Gasteiger partial charge in [-0.15, -0.1) is 0 Å². The summed E-state index contributed by atoms with van der Waals surface area (Å²) in [4.78, 5) is 14.3. The highest BCUT2D eigenvalue weighted by atomic mass is 79.9. The molecule has 1 saturated heterocycles. The summed E-state index contributed by atoms with van der Waals surface area (Å²) in [6.45, 7) is 1.43. The molecule has 1 aliphatic heterocycles. The van der Waals surface area contributed by atoms with Gasteiger partial charge in [0.1, 0.15) is 0 Å². The summed E-state index contributed by atoms with van der Waals surface area (Å²) >= 11 is 3.33. The zero-order valence-corrected chi connectivity index (χ0v) is 12.1. The minimum atomic E-state index is -0.238. The molecule has 19 heavy (non-hydrogen) atoms. The van der Waals surface area contributed by atoms with Crippen molar-refractivity contribution in [2.75, 3.05) is 18.8 Å². The van der Waals surface area contributed by atoms with Crippen molar-refractivity contribution in [2.45, 2.75) is 18.9 Å². The van der Waals surface area contributed by atoms with E-state index >= 15 is 0 Å². The highest BCUT2D eigenvalue weighted by molar-refractivity contribution is 9.10. The largest absolute Gasteiger partial charge is 0.398 e. The molecule has 2 aliphatic rings. The van der Waals surface area contributed by atoms with Gasteiger partial charge in [-0.25, -0.2) is 0 Å². The van der Waals surface area contributed by atoms with E-state index in [4.69, 9.17) is 5.73 Å². The van der Waals surface area contributed by atoms with E-state index in [1.54, 1.807) is 18.2 Å². The van der Waals surface area contributed by atoms with Gasteiger partial charge in [-0.05, 0) is 52.9 Å². The number of halogens is 1. The van der Waals surface area contributed by atoms with Gasteiger partial charge in [0, 0.05) is 34.7 Å². The zero-order valence-electron chi connectivity index (χ0n) is 10.6. The lowest BCUT2D eigenvalue weighted by Crippen LogP contribution is -2.31. The molecule has 2 fully saturated rings. The molecule has 1 aromatic rings. The summed E-state index contributed by atoms with van der Waals surface area (Å²) in [6.07, 6.45) is 1.67. The fourth-order valence-electron chi connectivity index (χ4n) is 3.26. The molecule has 0 bridgehead atoms. The van der Waals surface area contributed by atoms with Crippen molar-refractivity contribution >= 4 is 27.5 Å². The Morgan fingerprint density at radius 1 is 1.37 bits per heavy atom. The number of carbonyl (C=O) groups is 1.